The third-order valence-electron chi connectivity index (χ3n) is 2.21. The summed E-state index contributed by atoms with van der Waals surface area (Å²) in [6.07, 6.45) is 0. The Labute approximate surface area is 133 Å². The van der Waals surface area contributed by atoms with Crippen LogP contribution in [-0.2, 0) is 12.5 Å². The van der Waals surface area contributed by atoms with Crippen LogP contribution in [-0.4, -0.2) is 0 Å². The number of rotatable bonds is 4. The van der Waals surface area contributed by atoms with Gasteiger partial charge in [0.2, 0.25) is 0 Å². The molecule has 0 aliphatic heterocycles. The molecule has 0 fully saturated rings. The Kier molecular flexibility index (Phi) is 5.22. The zero-order valence-electron chi connectivity index (χ0n) is 9.05. The molecule has 0 amide bonds. The van der Waals surface area contributed by atoms with E-state index in [4.69, 9.17) is 39.5 Å². The maximum atomic E-state index is 6.11. The van der Waals surface area contributed by atoms with Gasteiger partial charge in [-0.15, -0.1) is 22.9 Å². The van der Waals surface area contributed by atoms with E-state index in [1.807, 2.05) is 11.4 Å². The molecular weight excluding hydrogens is 378 g/mol. The summed E-state index contributed by atoms with van der Waals surface area (Å²) < 4.78 is 6.77. The molecule has 1 aromatic carbocycles. The summed E-state index contributed by atoms with van der Waals surface area (Å²) in [6, 6.07) is 5.42. The van der Waals surface area contributed by atoms with Crippen molar-refractivity contribution < 1.29 is 4.74 Å². The molecule has 0 bridgehead atoms. The zero-order valence-corrected chi connectivity index (χ0v) is 13.7. The predicted molar refractivity (Wildman–Crippen MR) is 82.4 cm³/mol. The second kappa shape index (κ2) is 6.49. The standard InChI is InChI=1S/C12H8BrCl3OS/c13-8-2-10(18-6-8)5-17-12-7(4-14)1-9(15)3-11(12)16/h1-3,6H,4-5H2. The Bertz CT molecular complexity index is 556. The van der Waals surface area contributed by atoms with Gasteiger partial charge >= 0.3 is 0 Å². The molecule has 18 heavy (non-hydrogen) atoms. The molecule has 0 N–H and O–H groups in total. The van der Waals surface area contributed by atoms with E-state index < -0.39 is 0 Å². The minimum atomic E-state index is 0.309. The van der Waals surface area contributed by atoms with E-state index in [-0.39, 0.29) is 0 Å². The van der Waals surface area contributed by atoms with E-state index in [0.29, 0.717) is 28.3 Å². The maximum Gasteiger partial charge on any atom is 0.142 e. The molecule has 0 atom stereocenters. The molecule has 1 nitrogen and oxygen atoms in total. The van der Waals surface area contributed by atoms with Crippen LogP contribution in [0, 0.1) is 0 Å². The monoisotopic (exact) mass is 384 g/mol. The fourth-order valence-corrected chi connectivity index (χ4v) is 3.60. The van der Waals surface area contributed by atoms with Gasteiger partial charge in [0.1, 0.15) is 12.4 Å². The molecule has 2 rings (SSSR count). The highest BCUT2D eigenvalue weighted by molar-refractivity contribution is 9.10. The van der Waals surface area contributed by atoms with Gasteiger partial charge in [-0.1, -0.05) is 23.2 Å². The van der Waals surface area contributed by atoms with Crippen LogP contribution in [0.1, 0.15) is 10.4 Å². The summed E-state index contributed by atoms with van der Waals surface area (Å²) in [7, 11) is 0. The summed E-state index contributed by atoms with van der Waals surface area (Å²) in [5.41, 5.74) is 0.796. The van der Waals surface area contributed by atoms with Crippen molar-refractivity contribution in [2.75, 3.05) is 0 Å². The predicted octanol–water partition coefficient (Wildman–Crippen LogP) is 6.14. The highest BCUT2D eigenvalue weighted by Gasteiger charge is 2.11. The molecule has 0 spiro atoms. The van der Waals surface area contributed by atoms with Crippen molar-refractivity contribution >= 4 is 62.1 Å². The average molecular weight is 387 g/mol. The van der Waals surface area contributed by atoms with Crippen molar-refractivity contribution in [1.29, 1.82) is 0 Å². The lowest BCUT2D eigenvalue weighted by molar-refractivity contribution is 0.307. The van der Waals surface area contributed by atoms with Gasteiger partial charge in [-0.2, -0.15) is 0 Å². The molecule has 0 aliphatic carbocycles. The van der Waals surface area contributed by atoms with Crippen LogP contribution in [0.3, 0.4) is 0 Å². The Morgan fingerprint density at radius 3 is 2.61 bits per heavy atom. The lowest BCUT2D eigenvalue weighted by Crippen LogP contribution is -1.97. The van der Waals surface area contributed by atoms with E-state index in [2.05, 4.69) is 15.9 Å². The van der Waals surface area contributed by atoms with Crippen molar-refractivity contribution in [2.45, 2.75) is 12.5 Å². The number of halogens is 4. The molecule has 6 heteroatoms. The van der Waals surface area contributed by atoms with Gasteiger partial charge < -0.3 is 4.74 Å². The first-order chi connectivity index (χ1) is 8.60. The molecule has 0 radical (unpaired) electrons. The molecule has 2 aromatic rings. The third kappa shape index (κ3) is 3.55. The molecule has 96 valence electrons. The van der Waals surface area contributed by atoms with E-state index in [0.717, 1.165) is 14.9 Å². The summed E-state index contributed by atoms with van der Waals surface area (Å²) in [5.74, 6) is 0.907. The Morgan fingerprint density at radius 1 is 1.22 bits per heavy atom. The SMILES string of the molecule is ClCc1cc(Cl)cc(Cl)c1OCc1cc(Br)cs1. The van der Waals surface area contributed by atoms with Gasteiger partial charge in [-0.05, 0) is 34.1 Å². The van der Waals surface area contributed by atoms with Gasteiger partial charge in [-0.3, -0.25) is 0 Å². The van der Waals surface area contributed by atoms with Crippen LogP contribution < -0.4 is 4.74 Å². The lowest BCUT2D eigenvalue weighted by Gasteiger charge is -2.11. The molecule has 1 aromatic heterocycles. The van der Waals surface area contributed by atoms with E-state index in [1.54, 1.807) is 23.5 Å². The fraction of sp³-hybridized carbons (Fsp3) is 0.167. The number of ether oxygens (including phenoxy) is 1. The first-order valence-electron chi connectivity index (χ1n) is 4.99. The van der Waals surface area contributed by atoms with E-state index >= 15 is 0 Å². The van der Waals surface area contributed by atoms with Crippen molar-refractivity contribution in [3.63, 3.8) is 0 Å². The molecule has 0 aliphatic rings. The van der Waals surface area contributed by atoms with Crippen molar-refractivity contribution in [3.8, 4) is 5.75 Å². The molecule has 0 saturated heterocycles. The maximum absolute atomic E-state index is 6.11. The van der Waals surface area contributed by atoms with Crippen LogP contribution in [0.5, 0.6) is 5.75 Å². The summed E-state index contributed by atoms with van der Waals surface area (Å²) >= 11 is 22.9. The van der Waals surface area contributed by atoms with Crippen molar-refractivity contribution in [2.24, 2.45) is 0 Å². The Hall–Kier alpha value is 0.0700. The first kappa shape index (κ1) is 14.5. The van der Waals surface area contributed by atoms with Crippen LogP contribution in [0.15, 0.2) is 28.1 Å². The Balaban J connectivity index is 2.18. The topological polar surface area (TPSA) is 9.23 Å². The number of benzene rings is 1. The molecular formula is C12H8BrCl3OS. The first-order valence-corrected chi connectivity index (χ1v) is 7.96. The summed E-state index contributed by atoms with van der Waals surface area (Å²) in [6.45, 7) is 0.460. The van der Waals surface area contributed by atoms with Crippen LogP contribution >= 0.6 is 62.1 Å². The lowest BCUT2D eigenvalue weighted by atomic mass is 10.2. The largest absolute Gasteiger partial charge is 0.486 e. The van der Waals surface area contributed by atoms with Gasteiger partial charge in [0.05, 0.1) is 10.9 Å². The van der Waals surface area contributed by atoms with Crippen molar-refractivity contribution in [1.82, 2.24) is 0 Å². The van der Waals surface area contributed by atoms with Crippen LogP contribution in [0.25, 0.3) is 0 Å². The van der Waals surface area contributed by atoms with Crippen LogP contribution in [0.2, 0.25) is 10.0 Å². The quantitative estimate of drug-likeness (QED) is 0.574. The number of hydrogen-bond acceptors (Lipinski definition) is 2. The second-order valence-electron chi connectivity index (χ2n) is 3.53. The van der Waals surface area contributed by atoms with Crippen LogP contribution in [0.4, 0.5) is 0 Å². The second-order valence-corrected chi connectivity index (χ2v) is 6.55. The van der Waals surface area contributed by atoms with Gasteiger partial charge in [-0.25, -0.2) is 0 Å². The Morgan fingerprint density at radius 2 is 2.00 bits per heavy atom. The smallest absolute Gasteiger partial charge is 0.142 e. The normalized spacial score (nSPS) is 10.7. The minimum absolute atomic E-state index is 0.309. The number of thiophene rings is 1. The summed E-state index contributed by atoms with van der Waals surface area (Å²) in [4.78, 5) is 1.11. The van der Waals surface area contributed by atoms with Crippen molar-refractivity contribution in [3.05, 3.63) is 48.5 Å². The van der Waals surface area contributed by atoms with Gasteiger partial charge in [0.15, 0.2) is 0 Å². The summed E-state index contributed by atoms with van der Waals surface area (Å²) in [5, 5.41) is 3.04. The van der Waals surface area contributed by atoms with Gasteiger partial charge in [0.25, 0.3) is 0 Å². The van der Waals surface area contributed by atoms with Gasteiger partial charge in [0, 0.05) is 25.3 Å². The fourth-order valence-electron chi connectivity index (χ4n) is 1.45. The number of alkyl halides is 1. The minimum Gasteiger partial charge on any atom is -0.486 e. The van der Waals surface area contributed by atoms with E-state index in [1.165, 1.54) is 0 Å². The molecule has 0 saturated carbocycles. The zero-order chi connectivity index (χ0) is 13.1. The third-order valence-corrected chi connectivity index (χ3v) is 4.67. The average Bonchev–Trinajstić information content (AvgIpc) is 2.73. The molecule has 0 unspecified atom stereocenters. The highest BCUT2D eigenvalue weighted by Crippen LogP contribution is 2.34. The van der Waals surface area contributed by atoms with E-state index in [9.17, 15) is 0 Å². The number of hydrogen-bond donors (Lipinski definition) is 0. The highest BCUT2D eigenvalue weighted by atomic mass is 79.9. The molecule has 1 heterocycles.